The van der Waals surface area contributed by atoms with Crippen molar-refractivity contribution in [3.63, 3.8) is 0 Å². The second-order valence-corrected chi connectivity index (χ2v) is 6.07. The van der Waals surface area contributed by atoms with Crippen LogP contribution in [0.4, 0.5) is 10.5 Å². The van der Waals surface area contributed by atoms with E-state index in [9.17, 15) is 9.59 Å². The van der Waals surface area contributed by atoms with Gasteiger partial charge < -0.3 is 15.3 Å². The molecule has 2 amide bonds. The molecule has 1 aliphatic heterocycles. The third kappa shape index (κ3) is 5.27. The van der Waals surface area contributed by atoms with Crippen LogP contribution in [-0.4, -0.2) is 64.6 Å². The highest BCUT2D eigenvalue weighted by atomic mass is 79.9. The van der Waals surface area contributed by atoms with Gasteiger partial charge in [0, 0.05) is 43.3 Å². The molecule has 0 aliphatic carbocycles. The zero-order valence-electron chi connectivity index (χ0n) is 12.2. The lowest BCUT2D eigenvalue weighted by atomic mass is 10.2. The van der Waals surface area contributed by atoms with E-state index in [0.29, 0.717) is 25.2 Å². The number of hydrogen-bond donors (Lipinski definition) is 2. The highest BCUT2D eigenvalue weighted by Gasteiger charge is 2.19. The Morgan fingerprint density at radius 3 is 2.64 bits per heavy atom. The topological polar surface area (TPSA) is 85.8 Å². The molecule has 2 rings (SSSR count). The Bertz CT molecular complexity index is 533. The Hall–Kier alpha value is -1.67. The van der Waals surface area contributed by atoms with Crippen LogP contribution in [0.1, 0.15) is 12.8 Å². The molecule has 2 N–H and O–H groups in total. The SMILES string of the molecule is O=C(CCCN1CCN(C(=O)O)CC1)Nc1cncc(Br)c1. The van der Waals surface area contributed by atoms with E-state index in [4.69, 9.17) is 5.11 Å². The summed E-state index contributed by atoms with van der Waals surface area (Å²) in [5, 5.41) is 11.7. The molecular formula is C14H19BrN4O3. The molecular weight excluding hydrogens is 352 g/mol. The van der Waals surface area contributed by atoms with Gasteiger partial charge in [0.1, 0.15) is 0 Å². The molecule has 1 saturated heterocycles. The number of nitrogens with one attached hydrogen (secondary N) is 1. The minimum absolute atomic E-state index is 0.0379. The van der Waals surface area contributed by atoms with Gasteiger partial charge in [-0.2, -0.15) is 0 Å². The maximum absolute atomic E-state index is 11.8. The largest absolute Gasteiger partial charge is 0.465 e. The number of rotatable bonds is 5. The van der Waals surface area contributed by atoms with Crippen molar-refractivity contribution in [2.45, 2.75) is 12.8 Å². The molecule has 2 heterocycles. The van der Waals surface area contributed by atoms with Crippen molar-refractivity contribution in [3.8, 4) is 0 Å². The first-order chi connectivity index (χ1) is 10.5. The van der Waals surface area contributed by atoms with Crippen molar-refractivity contribution in [2.24, 2.45) is 0 Å². The summed E-state index contributed by atoms with van der Waals surface area (Å²) >= 11 is 3.31. The summed E-state index contributed by atoms with van der Waals surface area (Å²) in [6.07, 6.45) is 3.59. The van der Waals surface area contributed by atoms with E-state index < -0.39 is 6.09 Å². The van der Waals surface area contributed by atoms with E-state index in [2.05, 4.69) is 31.1 Å². The van der Waals surface area contributed by atoms with Crippen LogP contribution in [0, 0.1) is 0 Å². The molecule has 1 fully saturated rings. The number of pyridine rings is 1. The molecule has 0 bridgehead atoms. The maximum Gasteiger partial charge on any atom is 0.407 e. The normalized spacial score (nSPS) is 15.6. The van der Waals surface area contributed by atoms with Gasteiger partial charge in [-0.05, 0) is 35.0 Å². The average molecular weight is 371 g/mol. The van der Waals surface area contributed by atoms with Gasteiger partial charge >= 0.3 is 6.09 Å². The minimum atomic E-state index is -0.860. The molecule has 0 radical (unpaired) electrons. The van der Waals surface area contributed by atoms with Crippen molar-refractivity contribution >= 4 is 33.6 Å². The van der Waals surface area contributed by atoms with Gasteiger partial charge in [0.25, 0.3) is 0 Å². The van der Waals surface area contributed by atoms with E-state index in [1.165, 1.54) is 4.90 Å². The van der Waals surface area contributed by atoms with Gasteiger partial charge in [-0.25, -0.2) is 4.79 Å². The minimum Gasteiger partial charge on any atom is -0.465 e. The zero-order chi connectivity index (χ0) is 15.9. The fourth-order valence-corrected chi connectivity index (χ4v) is 2.69. The Kier molecular flexibility index (Phi) is 6.14. The summed E-state index contributed by atoms with van der Waals surface area (Å²) in [7, 11) is 0. The van der Waals surface area contributed by atoms with E-state index >= 15 is 0 Å². The van der Waals surface area contributed by atoms with Gasteiger partial charge in [0.2, 0.25) is 5.91 Å². The molecule has 22 heavy (non-hydrogen) atoms. The first kappa shape index (κ1) is 16.7. The van der Waals surface area contributed by atoms with Crippen LogP contribution >= 0.6 is 15.9 Å². The van der Waals surface area contributed by atoms with Crippen LogP contribution in [0.2, 0.25) is 0 Å². The predicted molar refractivity (Wildman–Crippen MR) is 85.8 cm³/mol. The van der Waals surface area contributed by atoms with Crippen molar-refractivity contribution in [2.75, 3.05) is 38.0 Å². The number of carbonyl (C=O) groups is 2. The molecule has 0 saturated carbocycles. The highest BCUT2D eigenvalue weighted by molar-refractivity contribution is 9.10. The average Bonchev–Trinajstić information content (AvgIpc) is 2.47. The lowest BCUT2D eigenvalue weighted by molar-refractivity contribution is -0.116. The Morgan fingerprint density at radius 1 is 1.27 bits per heavy atom. The lowest BCUT2D eigenvalue weighted by Crippen LogP contribution is -2.48. The summed E-state index contributed by atoms with van der Waals surface area (Å²) in [4.78, 5) is 30.3. The number of piperazine rings is 1. The van der Waals surface area contributed by atoms with Crippen LogP contribution in [0.15, 0.2) is 22.9 Å². The first-order valence-electron chi connectivity index (χ1n) is 7.15. The molecule has 7 nitrogen and oxygen atoms in total. The monoisotopic (exact) mass is 370 g/mol. The van der Waals surface area contributed by atoms with E-state index in [1.54, 1.807) is 18.5 Å². The van der Waals surface area contributed by atoms with Gasteiger partial charge in [-0.1, -0.05) is 0 Å². The van der Waals surface area contributed by atoms with Crippen molar-refractivity contribution < 1.29 is 14.7 Å². The molecule has 1 aromatic rings. The second kappa shape index (κ2) is 8.09. The number of hydrogen-bond acceptors (Lipinski definition) is 4. The summed E-state index contributed by atoms with van der Waals surface area (Å²) in [5.74, 6) is -0.0379. The first-order valence-corrected chi connectivity index (χ1v) is 7.94. The number of aromatic nitrogens is 1. The van der Waals surface area contributed by atoms with Crippen molar-refractivity contribution in [1.29, 1.82) is 0 Å². The second-order valence-electron chi connectivity index (χ2n) is 5.15. The third-order valence-corrected chi connectivity index (χ3v) is 3.94. The van der Waals surface area contributed by atoms with Crippen LogP contribution in [-0.2, 0) is 4.79 Å². The lowest BCUT2D eigenvalue weighted by Gasteiger charge is -2.32. The standard InChI is InChI=1S/C14H19BrN4O3/c15-11-8-12(10-16-9-11)17-13(20)2-1-3-18-4-6-19(7-5-18)14(21)22/h8-10H,1-7H2,(H,17,20)(H,21,22). The number of carbonyl (C=O) groups excluding carboxylic acids is 1. The van der Waals surface area contributed by atoms with Crippen molar-refractivity contribution in [1.82, 2.24) is 14.8 Å². The Labute approximate surface area is 137 Å². The van der Waals surface area contributed by atoms with Gasteiger partial charge in [0.15, 0.2) is 0 Å². The maximum atomic E-state index is 11.8. The fourth-order valence-electron chi connectivity index (χ4n) is 2.33. The number of carboxylic acid groups (broad SMARTS) is 1. The smallest absolute Gasteiger partial charge is 0.407 e. The number of anilines is 1. The third-order valence-electron chi connectivity index (χ3n) is 3.51. The van der Waals surface area contributed by atoms with E-state index in [1.807, 2.05) is 0 Å². The Morgan fingerprint density at radius 2 is 2.00 bits per heavy atom. The summed E-state index contributed by atoms with van der Waals surface area (Å²) in [5.41, 5.74) is 0.675. The van der Waals surface area contributed by atoms with Crippen molar-refractivity contribution in [3.05, 3.63) is 22.9 Å². The molecule has 0 spiro atoms. The van der Waals surface area contributed by atoms with Crippen LogP contribution < -0.4 is 5.32 Å². The number of nitrogens with zero attached hydrogens (tertiary/aromatic N) is 3. The highest BCUT2D eigenvalue weighted by Crippen LogP contribution is 2.14. The number of halogens is 1. The molecule has 0 atom stereocenters. The summed E-state index contributed by atoms with van der Waals surface area (Å²) in [6.45, 7) is 3.32. The molecule has 120 valence electrons. The molecule has 1 aromatic heterocycles. The van der Waals surface area contributed by atoms with Crippen LogP contribution in [0.3, 0.4) is 0 Å². The molecule has 1 aliphatic rings. The number of amides is 2. The Balaban J connectivity index is 1.64. The predicted octanol–water partition coefficient (Wildman–Crippen LogP) is 1.86. The van der Waals surface area contributed by atoms with E-state index in [0.717, 1.165) is 30.5 Å². The molecule has 0 unspecified atom stereocenters. The quantitative estimate of drug-likeness (QED) is 0.825. The van der Waals surface area contributed by atoms with E-state index in [-0.39, 0.29) is 5.91 Å². The van der Waals surface area contributed by atoms with Gasteiger partial charge in [0.05, 0.1) is 11.9 Å². The zero-order valence-corrected chi connectivity index (χ0v) is 13.8. The van der Waals surface area contributed by atoms with Gasteiger partial charge in [-0.15, -0.1) is 0 Å². The fraction of sp³-hybridized carbons (Fsp3) is 0.500. The summed E-state index contributed by atoms with van der Waals surface area (Å²) in [6, 6.07) is 1.80. The molecule has 0 aromatic carbocycles. The summed E-state index contributed by atoms with van der Waals surface area (Å²) < 4.78 is 0.821. The van der Waals surface area contributed by atoms with Gasteiger partial charge in [-0.3, -0.25) is 14.7 Å². The van der Waals surface area contributed by atoms with Crippen LogP contribution in [0.25, 0.3) is 0 Å². The molecule has 8 heteroatoms. The van der Waals surface area contributed by atoms with Crippen LogP contribution in [0.5, 0.6) is 0 Å².